The second-order valence-corrected chi connectivity index (χ2v) is 4.27. The van der Waals surface area contributed by atoms with Crippen molar-refractivity contribution in [3.63, 3.8) is 0 Å². The van der Waals surface area contributed by atoms with Gasteiger partial charge in [-0.1, -0.05) is 18.2 Å². The molecule has 1 fully saturated rings. The molecule has 3 rings (SSSR count). The Morgan fingerprint density at radius 1 is 1.38 bits per heavy atom. The summed E-state index contributed by atoms with van der Waals surface area (Å²) in [6.07, 6.45) is 7.56. The smallest absolute Gasteiger partial charge is 0.165 e. The van der Waals surface area contributed by atoms with Gasteiger partial charge in [-0.15, -0.1) is 0 Å². The van der Waals surface area contributed by atoms with Gasteiger partial charge in [0.1, 0.15) is 0 Å². The van der Waals surface area contributed by atoms with Gasteiger partial charge in [0.2, 0.25) is 0 Å². The van der Waals surface area contributed by atoms with Crippen LogP contribution in [0.25, 0.3) is 0 Å². The first-order valence-electron chi connectivity index (χ1n) is 4.85. The van der Waals surface area contributed by atoms with Crippen molar-refractivity contribution in [2.75, 3.05) is 6.61 Å². The number of aliphatic hydroxyl groups is 1. The molecule has 0 saturated heterocycles. The summed E-state index contributed by atoms with van der Waals surface area (Å²) >= 11 is 0. The second kappa shape index (κ2) is 2.32. The van der Waals surface area contributed by atoms with Crippen molar-refractivity contribution in [3.05, 3.63) is 23.8 Å². The van der Waals surface area contributed by atoms with Crippen LogP contribution in [-0.4, -0.2) is 17.5 Å². The zero-order valence-electron chi connectivity index (χ0n) is 7.31. The highest BCUT2D eigenvalue weighted by Crippen LogP contribution is 2.52. The average molecular weight is 176 g/mol. The molecule has 2 bridgehead atoms. The molecule has 0 spiro atoms. The summed E-state index contributed by atoms with van der Waals surface area (Å²) in [5, 5.41) is 8.98. The van der Waals surface area contributed by atoms with E-state index in [-0.39, 0.29) is 18.3 Å². The third-order valence-corrected chi connectivity index (χ3v) is 3.70. The van der Waals surface area contributed by atoms with Crippen LogP contribution < -0.4 is 0 Å². The predicted octanol–water partition coefficient (Wildman–Crippen LogP) is 0.926. The Kier molecular flexibility index (Phi) is 1.34. The van der Waals surface area contributed by atoms with Gasteiger partial charge in [-0.3, -0.25) is 4.79 Å². The van der Waals surface area contributed by atoms with Gasteiger partial charge in [-0.25, -0.2) is 0 Å². The number of hydrogen-bond acceptors (Lipinski definition) is 2. The molecule has 1 saturated carbocycles. The zero-order chi connectivity index (χ0) is 9.00. The highest BCUT2D eigenvalue weighted by atomic mass is 16.3. The average Bonchev–Trinajstić information content (AvgIpc) is 2.76. The monoisotopic (exact) mass is 176 g/mol. The minimum absolute atomic E-state index is 0.0781. The minimum Gasteiger partial charge on any atom is -0.392 e. The Bertz CT molecular complexity index is 327. The lowest BCUT2D eigenvalue weighted by atomic mass is 9.85. The number of fused-ring (bicyclic) bond motifs is 5. The molecular formula is C11H12O2. The van der Waals surface area contributed by atoms with E-state index in [9.17, 15) is 4.79 Å². The van der Waals surface area contributed by atoms with Crippen molar-refractivity contribution in [3.8, 4) is 0 Å². The van der Waals surface area contributed by atoms with Crippen LogP contribution in [0.1, 0.15) is 6.42 Å². The van der Waals surface area contributed by atoms with E-state index in [1.807, 2.05) is 6.08 Å². The van der Waals surface area contributed by atoms with Crippen LogP contribution in [0.2, 0.25) is 0 Å². The van der Waals surface area contributed by atoms with Crippen LogP contribution in [0.3, 0.4) is 0 Å². The van der Waals surface area contributed by atoms with Crippen molar-refractivity contribution in [1.29, 1.82) is 0 Å². The van der Waals surface area contributed by atoms with Gasteiger partial charge in [0.25, 0.3) is 0 Å². The number of aliphatic hydroxyl groups excluding tert-OH is 1. The lowest BCUT2D eigenvalue weighted by Gasteiger charge is -2.17. The van der Waals surface area contributed by atoms with Crippen LogP contribution >= 0.6 is 0 Å². The first-order chi connectivity index (χ1) is 6.31. The molecule has 0 radical (unpaired) electrons. The number of hydrogen-bond donors (Lipinski definition) is 1. The van der Waals surface area contributed by atoms with Gasteiger partial charge in [-0.2, -0.15) is 0 Å². The summed E-state index contributed by atoms with van der Waals surface area (Å²) < 4.78 is 0. The van der Waals surface area contributed by atoms with Crippen LogP contribution in [0.15, 0.2) is 23.8 Å². The number of allylic oxidation sites excluding steroid dienone is 3. The van der Waals surface area contributed by atoms with Crippen LogP contribution in [0, 0.1) is 23.7 Å². The second-order valence-electron chi connectivity index (χ2n) is 4.27. The quantitative estimate of drug-likeness (QED) is 0.603. The molecule has 0 amide bonds. The Morgan fingerprint density at radius 3 is 2.85 bits per heavy atom. The fraction of sp³-hybridized carbons (Fsp3) is 0.545. The number of ketones is 1. The number of carbonyl (C=O) groups is 1. The molecule has 68 valence electrons. The largest absolute Gasteiger partial charge is 0.392 e. The maximum absolute atomic E-state index is 11.7. The van der Waals surface area contributed by atoms with Crippen LogP contribution in [0.4, 0.5) is 0 Å². The third kappa shape index (κ3) is 0.792. The fourth-order valence-corrected chi connectivity index (χ4v) is 3.12. The molecule has 2 heteroatoms. The van der Waals surface area contributed by atoms with E-state index < -0.39 is 0 Å². The molecule has 3 aliphatic rings. The molecule has 0 aromatic rings. The van der Waals surface area contributed by atoms with Crippen molar-refractivity contribution in [1.82, 2.24) is 0 Å². The maximum atomic E-state index is 11.7. The normalized spacial score (nSPS) is 45.6. The van der Waals surface area contributed by atoms with Gasteiger partial charge in [0.15, 0.2) is 5.78 Å². The summed E-state index contributed by atoms with van der Waals surface area (Å²) in [6.45, 7) is -0.0781. The van der Waals surface area contributed by atoms with Crippen LogP contribution in [0.5, 0.6) is 0 Å². The molecule has 4 atom stereocenters. The first-order valence-corrected chi connectivity index (χ1v) is 4.85. The summed E-state index contributed by atoms with van der Waals surface area (Å²) in [5.74, 6) is 1.82. The molecule has 0 aromatic heterocycles. The summed E-state index contributed by atoms with van der Waals surface area (Å²) in [4.78, 5) is 11.7. The van der Waals surface area contributed by atoms with Gasteiger partial charge in [0, 0.05) is 11.5 Å². The minimum atomic E-state index is -0.0781. The molecule has 13 heavy (non-hydrogen) atoms. The Balaban J connectivity index is 2.00. The van der Waals surface area contributed by atoms with Crippen molar-refractivity contribution < 1.29 is 9.90 Å². The summed E-state index contributed by atoms with van der Waals surface area (Å²) in [5.41, 5.74) is 0.647. The fourth-order valence-electron chi connectivity index (χ4n) is 3.12. The van der Waals surface area contributed by atoms with Gasteiger partial charge < -0.3 is 5.11 Å². The zero-order valence-corrected chi connectivity index (χ0v) is 7.31. The molecule has 0 aliphatic heterocycles. The predicted molar refractivity (Wildman–Crippen MR) is 47.9 cm³/mol. The van der Waals surface area contributed by atoms with Gasteiger partial charge in [-0.05, 0) is 24.2 Å². The summed E-state index contributed by atoms with van der Waals surface area (Å²) in [7, 11) is 0. The Hall–Kier alpha value is -0.890. The molecule has 3 aliphatic carbocycles. The highest BCUT2D eigenvalue weighted by molar-refractivity contribution is 6.01. The lowest BCUT2D eigenvalue weighted by molar-refractivity contribution is -0.120. The molecule has 2 nitrogen and oxygen atoms in total. The molecule has 1 N–H and O–H groups in total. The highest BCUT2D eigenvalue weighted by Gasteiger charge is 2.50. The first kappa shape index (κ1) is 7.51. The van der Waals surface area contributed by atoms with E-state index in [0.717, 1.165) is 6.42 Å². The van der Waals surface area contributed by atoms with Crippen LogP contribution in [-0.2, 0) is 4.79 Å². The Morgan fingerprint density at radius 2 is 2.15 bits per heavy atom. The Labute approximate surface area is 76.9 Å². The maximum Gasteiger partial charge on any atom is 0.165 e. The van der Waals surface area contributed by atoms with Crippen molar-refractivity contribution in [2.24, 2.45) is 23.7 Å². The van der Waals surface area contributed by atoms with E-state index >= 15 is 0 Å². The van der Waals surface area contributed by atoms with Crippen molar-refractivity contribution >= 4 is 5.78 Å². The van der Waals surface area contributed by atoms with E-state index in [1.165, 1.54) is 0 Å². The van der Waals surface area contributed by atoms with E-state index in [1.54, 1.807) is 0 Å². The molecular weight excluding hydrogens is 164 g/mol. The van der Waals surface area contributed by atoms with E-state index in [2.05, 4.69) is 12.2 Å². The standard InChI is InChI=1S/C11H12O2/c12-5-8-4-9-6-1-2-7(3-6)10(9)11(8)13/h1-2,4,6-7,9-10,12H,3,5H2/t6-,7+,9?,10?/m1/s1. The van der Waals surface area contributed by atoms with Gasteiger partial charge in [0.05, 0.1) is 6.61 Å². The van der Waals surface area contributed by atoms with Crippen molar-refractivity contribution in [2.45, 2.75) is 6.42 Å². The molecule has 0 aromatic carbocycles. The lowest BCUT2D eigenvalue weighted by Crippen LogP contribution is -2.21. The molecule has 2 unspecified atom stereocenters. The van der Waals surface area contributed by atoms with E-state index in [4.69, 9.17) is 5.11 Å². The number of Topliss-reactive ketones (excluding diaryl/α,β-unsaturated/α-hetero) is 1. The topological polar surface area (TPSA) is 37.3 Å². The third-order valence-electron chi connectivity index (χ3n) is 3.70. The number of rotatable bonds is 1. The summed E-state index contributed by atoms with van der Waals surface area (Å²) in [6, 6.07) is 0. The van der Waals surface area contributed by atoms with Gasteiger partial charge >= 0.3 is 0 Å². The molecule has 0 heterocycles. The SMILES string of the molecule is O=C1C(CO)=CC2C1[C@H]1C=C[C@@H]2C1. The number of carbonyl (C=O) groups excluding carboxylic acids is 1. The van der Waals surface area contributed by atoms with E-state index in [0.29, 0.717) is 23.3 Å².